The van der Waals surface area contributed by atoms with Crippen LogP contribution in [0.25, 0.3) is 5.65 Å². The van der Waals surface area contributed by atoms with Gasteiger partial charge in [0.1, 0.15) is 4.60 Å². The zero-order chi connectivity index (χ0) is 13.9. The molecule has 7 nitrogen and oxygen atoms in total. The molecule has 9 heteroatoms. The Bertz CT molecular complexity index is 670. The first-order chi connectivity index (χ1) is 9.02. The van der Waals surface area contributed by atoms with Crippen molar-refractivity contribution in [1.29, 1.82) is 0 Å². The number of rotatable bonds is 6. The van der Waals surface area contributed by atoms with E-state index in [-0.39, 0.29) is 5.75 Å². The Hall–Kier alpha value is -1.03. The third-order valence-corrected chi connectivity index (χ3v) is 4.38. The van der Waals surface area contributed by atoms with Crippen molar-refractivity contribution in [2.24, 2.45) is 0 Å². The van der Waals surface area contributed by atoms with Gasteiger partial charge in [0.05, 0.1) is 23.8 Å². The van der Waals surface area contributed by atoms with Crippen LogP contribution in [0.4, 0.5) is 0 Å². The van der Waals surface area contributed by atoms with Gasteiger partial charge in [-0.25, -0.2) is 23.1 Å². The summed E-state index contributed by atoms with van der Waals surface area (Å²) in [6, 6.07) is 0. The molecule has 0 atom stereocenters. The molecule has 2 aromatic rings. The molecule has 0 unspecified atom stereocenters. The molecule has 0 spiro atoms. The largest absolute Gasteiger partial charge is 0.310 e. The lowest BCUT2D eigenvalue weighted by molar-refractivity contribution is 0.582. The average molecular weight is 348 g/mol. The summed E-state index contributed by atoms with van der Waals surface area (Å²) in [4.78, 5) is 8.30. The number of imidazole rings is 1. The van der Waals surface area contributed by atoms with E-state index >= 15 is 0 Å². The maximum atomic E-state index is 11.2. The molecule has 0 aliphatic carbocycles. The second-order valence-electron chi connectivity index (χ2n) is 3.89. The first-order valence-corrected chi connectivity index (χ1v) is 8.06. The summed E-state index contributed by atoms with van der Waals surface area (Å²) in [5, 5.41) is 3.07. The molecule has 0 saturated carbocycles. The minimum Gasteiger partial charge on any atom is -0.310 e. The van der Waals surface area contributed by atoms with Crippen LogP contribution in [0.2, 0.25) is 0 Å². The smallest absolute Gasteiger partial charge is 0.212 e. The summed E-state index contributed by atoms with van der Waals surface area (Å²) < 4.78 is 27.4. The number of nitrogens with zero attached hydrogens (tertiary/aromatic N) is 3. The molecule has 0 amide bonds. The van der Waals surface area contributed by atoms with Crippen LogP contribution in [0.15, 0.2) is 23.2 Å². The van der Waals surface area contributed by atoms with E-state index in [9.17, 15) is 8.42 Å². The number of nitrogens with one attached hydrogen (secondary N) is 2. The highest BCUT2D eigenvalue weighted by molar-refractivity contribution is 9.10. The molecular formula is C10H14BrN5O2S. The minimum atomic E-state index is -3.16. The van der Waals surface area contributed by atoms with Gasteiger partial charge in [-0.3, -0.25) is 4.40 Å². The first kappa shape index (κ1) is 14.4. The highest BCUT2D eigenvalue weighted by Gasteiger charge is 2.07. The Balaban J connectivity index is 1.97. The van der Waals surface area contributed by atoms with E-state index in [1.54, 1.807) is 12.4 Å². The maximum absolute atomic E-state index is 11.2. The molecule has 2 aromatic heterocycles. The number of sulfonamides is 1. The fourth-order valence-electron chi connectivity index (χ4n) is 1.57. The number of hydrogen-bond acceptors (Lipinski definition) is 5. The molecule has 2 heterocycles. The monoisotopic (exact) mass is 347 g/mol. The van der Waals surface area contributed by atoms with E-state index in [1.807, 2.05) is 10.6 Å². The van der Waals surface area contributed by atoms with Crippen LogP contribution in [-0.2, 0) is 16.6 Å². The highest BCUT2D eigenvalue weighted by Crippen LogP contribution is 2.10. The third-order valence-electron chi connectivity index (χ3n) is 2.61. The molecule has 0 fully saturated rings. The first-order valence-electron chi connectivity index (χ1n) is 5.61. The van der Waals surface area contributed by atoms with Crippen molar-refractivity contribution in [3.63, 3.8) is 0 Å². The quantitative estimate of drug-likeness (QED) is 0.725. The topological polar surface area (TPSA) is 88.4 Å². The Morgan fingerprint density at radius 2 is 2.16 bits per heavy atom. The molecule has 0 bridgehead atoms. The zero-order valence-corrected chi connectivity index (χ0v) is 12.7. The molecule has 0 aliphatic heterocycles. The molecule has 0 radical (unpaired) electrons. The molecule has 0 aliphatic rings. The standard InChI is InChI=1S/C10H14BrN5O2S/c1-12-19(17,18)3-2-13-4-8-5-15-10-6-14-9(11)7-16(8)10/h5-7,12-13H,2-4H2,1H3. The zero-order valence-electron chi connectivity index (χ0n) is 10.3. The Morgan fingerprint density at radius 3 is 2.89 bits per heavy atom. The summed E-state index contributed by atoms with van der Waals surface area (Å²) in [6.07, 6.45) is 5.23. The molecule has 104 valence electrons. The van der Waals surface area contributed by atoms with Crippen molar-refractivity contribution in [2.75, 3.05) is 19.3 Å². The van der Waals surface area contributed by atoms with Crippen molar-refractivity contribution in [1.82, 2.24) is 24.4 Å². The van der Waals surface area contributed by atoms with E-state index in [1.165, 1.54) is 7.05 Å². The van der Waals surface area contributed by atoms with Crippen LogP contribution >= 0.6 is 15.9 Å². The van der Waals surface area contributed by atoms with Gasteiger partial charge in [-0.2, -0.15) is 0 Å². The van der Waals surface area contributed by atoms with Gasteiger partial charge in [-0.1, -0.05) is 0 Å². The number of hydrogen-bond donors (Lipinski definition) is 2. The van der Waals surface area contributed by atoms with Gasteiger partial charge < -0.3 is 5.32 Å². The van der Waals surface area contributed by atoms with Gasteiger partial charge in [0.25, 0.3) is 0 Å². The second kappa shape index (κ2) is 5.95. The molecular weight excluding hydrogens is 334 g/mol. The normalized spacial score (nSPS) is 12.1. The maximum Gasteiger partial charge on any atom is 0.212 e. The van der Waals surface area contributed by atoms with Crippen molar-refractivity contribution >= 4 is 31.6 Å². The average Bonchev–Trinajstić information content (AvgIpc) is 2.77. The van der Waals surface area contributed by atoms with Crippen LogP contribution in [0.3, 0.4) is 0 Å². The van der Waals surface area contributed by atoms with Gasteiger partial charge in [0, 0.05) is 19.3 Å². The van der Waals surface area contributed by atoms with Crippen molar-refractivity contribution in [3.05, 3.63) is 28.9 Å². The van der Waals surface area contributed by atoms with E-state index in [4.69, 9.17) is 0 Å². The Labute approximate surface area is 119 Å². The third kappa shape index (κ3) is 3.72. The van der Waals surface area contributed by atoms with Crippen LogP contribution in [0.5, 0.6) is 0 Å². The van der Waals surface area contributed by atoms with E-state index in [0.717, 1.165) is 15.9 Å². The lowest BCUT2D eigenvalue weighted by atomic mass is 10.4. The van der Waals surface area contributed by atoms with E-state index in [0.29, 0.717) is 13.1 Å². The summed E-state index contributed by atoms with van der Waals surface area (Å²) >= 11 is 3.30. The van der Waals surface area contributed by atoms with Crippen LogP contribution in [0, 0.1) is 0 Å². The van der Waals surface area contributed by atoms with Gasteiger partial charge >= 0.3 is 0 Å². The van der Waals surface area contributed by atoms with Gasteiger partial charge in [-0.15, -0.1) is 0 Å². The summed E-state index contributed by atoms with van der Waals surface area (Å²) in [6.45, 7) is 0.916. The minimum absolute atomic E-state index is 0.0471. The number of fused-ring (bicyclic) bond motifs is 1. The fourth-order valence-corrected chi connectivity index (χ4v) is 2.50. The van der Waals surface area contributed by atoms with Crippen molar-refractivity contribution < 1.29 is 8.42 Å². The summed E-state index contributed by atoms with van der Waals surface area (Å²) in [5.74, 6) is 0.0471. The molecule has 0 saturated heterocycles. The van der Waals surface area contributed by atoms with E-state index in [2.05, 4.69) is 35.9 Å². The SMILES string of the molecule is CNS(=O)(=O)CCNCc1cnc2cnc(Br)cn12. The van der Waals surface area contributed by atoms with Gasteiger partial charge in [-0.05, 0) is 23.0 Å². The number of halogens is 1. The van der Waals surface area contributed by atoms with Crippen LogP contribution in [-0.4, -0.2) is 42.1 Å². The summed E-state index contributed by atoms with van der Waals surface area (Å²) in [7, 11) is -1.76. The van der Waals surface area contributed by atoms with Gasteiger partial charge in [0.2, 0.25) is 10.0 Å². The fraction of sp³-hybridized carbons (Fsp3) is 0.400. The van der Waals surface area contributed by atoms with Crippen molar-refractivity contribution in [3.8, 4) is 0 Å². The Morgan fingerprint density at radius 1 is 1.37 bits per heavy atom. The molecule has 2 rings (SSSR count). The van der Waals surface area contributed by atoms with Crippen LogP contribution in [0.1, 0.15) is 5.69 Å². The lowest BCUT2D eigenvalue weighted by Gasteiger charge is -2.05. The molecule has 2 N–H and O–H groups in total. The number of aromatic nitrogens is 3. The lowest BCUT2D eigenvalue weighted by Crippen LogP contribution is -2.29. The predicted octanol–water partition coefficient (Wildman–Crippen LogP) is 0.131. The van der Waals surface area contributed by atoms with Gasteiger partial charge in [0.15, 0.2) is 5.65 Å². The predicted molar refractivity (Wildman–Crippen MR) is 75.2 cm³/mol. The van der Waals surface area contributed by atoms with Crippen LogP contribution < -0.4 is 10.0 Å². The molecule has 0 aromatic carbocycles. The highest BCUT2D eigenvalue weighted by atomic mass is 79.9. The second-order valence-corrected chi connectivity index (χ2v) is 6.75. The van der Waals surface area contributed by atoms with E-state index < -0.39 is 10.0 Å². The van der Waals surface area contributed by atoms with Crippen molar-refractivity contribution in [2.45, 2.75) is 6.54 Å². The summed E-state index contributed by atoms with van der Waals surface area (Å²) in [5.41, 5.74) is 1.70. The Kier molecular flexibility index (Phi) is 4.50. The molecule has 19 heavy (non-hydrogen) atoms.